The predicted molar refractivity (Wildman–Crippen MR) is 110 cm³/mol. The lowest BCUT2D eigenvalue weighted by atomic mass is 10.1. The number of nitrogens with zero attached hydrogens (tertiary/aromatic N) is 2. The van der Waals surface area contributed by atoms with E-state index in [-0.39, 0.29) is 19.1 Å². The summed E-state index contributed by atoms with van der Waals surface area (Å²) in [6.07, 6.45) is 0.661. The summed E-state index contributed by atoms with van der Waals surface area (Å²) >= 11 is 0. The zero-order chi connectivity index (χ0) is 22.1. The second kappa shape index (κ2) is 10.8. The molecule has 0 aliphatic heterocycles. The van der Waals surface area contributed by atoms with Gasteiger partial charge in [0.1, 0.15) is 11.5 Å². The maximum absolute atomic E-state index is 12.1. The molecule has 0 fully saturated rings. The molecule has 1 heterocycles. The summed E-state index contributed by atoms with van der Waals surface area (Å²) < 4.78 is 20.6. The van der Waals surface area contributed by atoms with Gasteiger partial charge in [-0.2, -0.15) is 4.98 Å². The number of esters is 1. The molecule has 0 saturated carbocycles. The van der Waals surface area contributed by atoms with Crippen molar-refractivity contribution in [3.05, 3.63) is 71.4 Å². The summed E-state index contributed by atoms with van der Waals surface area (Å²) in [7, 11) is 1.61. The molecular formula is C22H23N3O6. The smallest absolute Gasteiger partial charge is 0.338 e. The van der Waals surface area contributed by atoms with Crippen molar-refractivity contribution in [2.45, 2.75) is 20.0 Å². The topological polar surface area (TPSA) is 113 Å². The number of hydrogen-bond donors (Lipinski definition) is 1. The van der Waals surface area contributed by atoms with Crippen LogP contribution in [-0.2, 0) is 22.6 Å². The van der Waals surface area contributed by atoms with Crippen LogP contribution >= 0.6 is 0 Å². The Hall–Kier alpha value is -3.88. The number of rotatable bonds is 10. The molecule has 1 aromatic heterocycles. The zero-order valence-corrected chi connectivity index (χ0v) is 17.3. The van der Waals surface area contributed by atoms with E-state index in [1.807, 2.05) is 24.3 Å². The molecule has 0 saturated heterocycles. The van der Waals surface area contributed by atoms with Gasteiger partial charge >= 0.3 is 5.97 Å². The molecule has 9 heteroatoms. The minimum Gasteiger partial charge on any atom is -0.497 e. The molecular weight excluding hydrogens is 402 g/mol. The van der Waals surface area contributed by atoms with Crippen molar-refractivity contribution in [2.24, 2.45) is 0 Å². The van der Waals surface area contributed by atoms with Crippen LogP contribution in [0.5, 0.6) is 11.5 Å². The number of aryl methyl sites for hydroxylation is 1. The Kier molecular flexibility index (Phi) is 7.58. The number of carbonyl (C=O) groups excluding carboxylic acids is 2. The second-order valence-corrected chi connectivity index (χ2v) is 6.57. The fourth-order valence-corrected chi connectivity index (χ4v) is 2.64. The predicted octanol–water partition coefficient (Wildman–Crippen LogP) is 2.48. The summed E-state index contributed by atoms with van der Waals surface area (Å²) in [5, 5.41) is 6.46. The molecule has 2 aromatic carbocycles. The Balaban J connectivity index is 1.36. The number of methoxy groups -OCH3 is 1. The molecule has 9 nitrogen and oxygen atoms in total. The van der Waals surface area contributed by atoms with Gasteiger partial charge in [-0.1, -0.05) is 17.3 Å². The van der Waals surface area contributed by atoms with Gasteiger partial charge in [-0.25, -0.2) is 4.79 Å². The number of benzene rings is 2. The molecule has 162 valence electrons. The Labute approximate surface area is 179 Å². The van der Waals surface area contributed by atoms with Crippen molar-refractivity contribution >= 4 is 11.9 Å². The third-order valence-corrected chi connectivity index (χ3v) is 4.26. The molecule has 0 aliphatic rings. The molecule has 0 aliphatic carbocycles. The van der Waals surface area contributed by atoms with Crippen LogP contribution in [0.3, 0.4) is 0 Å². The second-order valence-electron chi connectivity index (χ2n) is 6.57. The molecule has 1 N–H and O–H groups in total. The molecule has 0 atom stereocenters. The third-order valence-electron chi connectivity index (χ3n) is 4.26. The minimum atomic E-state index is -0.592. The average Bonchev–Trinajstić information content (AvgIpc) is 3.22. The van der Waals surface area contributed by atoms with Gasteiger partial charge in [0.2, 0.25) is 11.7 Å². The molecule has 3 rings (SSSR count). The molecule has 3 aromatic rings. The Bertz CT molecular complexity index is 999. The molecule has 0 radical (unpaired) electrons. The highest BCUT2D eigenvalue weighted by atomic mass is 16.5. The molecule has 31 heavy (non-hydrogen) atoms. The van der Waals surface area contributed by atoms with Crippen molar-refractivity contribution in [1.29, 1.82) is 0 Å². The van der Waals surface area contributed by atoms with E-state index in [0.717, 1.165) is 11.3 Å². The summed E-state index contributed by atoms with van der Waals surface area (Å²) in [4.78, 5) is 28.0. The van der Waals surface area contributed by atoms with Gasteiger partial charge in [-0.05, 0) is 48.4 Å². The summed E-state index contributed by atoms with van der Waals surface area (Å²) in [5.41, 5.74) is 1.38. The number of carbonyl (C=O) groups is 2. The summed E-state index contributed by atoms with van der Waals surface area (Å²) in [6, 6.07) is 13.9. The molecule has 1 amide bonds. The summed E-state index contributed by atoms with van der Waals surface area (Å²) in [6.45, 7) is 1.93. The first-order valence-electron chi connectivity index (χ1n) is 9.62. The van der Waals surface area contributed by atoms with Crippen molar-refractivity contribution in [1.82, 2.24) is 15.5 Å². The van der Waals surface area contributed by atoms with Crippen molar-refractivity contribution in [2.75, 3.05) is 20.3 Å². The lowest BCUT2D eigenvalue weighted by Gasteiger charge is -2.08. The first kappa shape index (κ1) is 21.8. The van der Waals surface area contributed by atoms with E-state index in [0.29, 0.717) is 36.0 Å². The van der Waals surface area contributed by atoms with E-state index in [1.165, 1.54) is 0 Å². The first-order valence-corrected chi connectivity index (χ1v) is 9.62. The fourth-order valence-electron chi connectivity index (χ4n) is 2.64. The van der Waals surface area contributed by atoms with E-state index in [2.05, 4.69) is 15.5 Å². The average molecular weight is 425 g/mol. The Morgan fingerprint density at radius 3 is 2.39 bits per heavy atom. The normalized spacial score (nSPS) is 10.4. The maximum atomic E-state index is 12.1. The van der Waals surface area contributed by atoms with Crippen molar-refractivity contribution < 1.29 is 28.3 Å². The molecule has 0 bridgehead atoms. The fraction of sp³-hybridized carbons (Fsp3) is 0.273. The van der Waals surface area contributed by atoms with Crippen LogP contribution in [0, 0.1) is 6.92 Å². The van der Waals surface area contributed by atoms with Crippen molar-refractivity contribution in [3.8, 4) is 11.5 Å². The standard InChI is InChI=1S/C22H23N3O6/c1-15-24-20(25-31-15)13-29-19-9-5-17(6-10-19)22(27)30-14-21(26)23-12-11-16-3-7-18(28-2)8-4-16/h3-10H,11-14H2,1-2H3,(H,23,26). The van der Waals surface area contributed by atoms with Crippen LogP contribution in [0.2, 0.25) is 0 Å². The third kappa shape index (κ3) is 6.84. The number of ether oxygens (including phenoxy) is 3. The van der Waals surface area contributed by atoms with Crippen molar-refractivity contribution in [3.63, 3.8) is 0 Å². The highest BCUT2D eigenvalue weighted by Crippen LogP contribution is 2.14. The Morgan fingerprint density at radius 2 is 1.74 bits per heavy atom. The number of amides is 1. The van der Waals surface area contributed by atoms with Crippen LogP contribution in [0.15, 0.2) is 53.1 Å². The quantitative estimate of drug-likeness (QED) is 0.493. The highest BCUT2D eigenvalue weighted by Gasteiger charge is 2.11. The number of hydrogen-bond acceptors (Lipinski definition) is 8. The van der Waals surface area contributed by atoms with Gasteiger partial charge in [0.05, 0.1) is 12.7 Å². The summed E-state index contributed by atoms with van der Waals surface area (Å²) in [5.74, 6) is 1.25. The maximum Gasteiger partial charge on any atom is 0.338 e. The van der Waals surface area contributed by atoms with Crippen LogP contribution < -0.4 is 14.8 Å². The van der Waals surface area contributed by atoms with Crippen LogP contribution in [0.25, 0.3) is 0 Å². The van der Waals surface area contributed by atoms with E-state index in [9.17, 15) is 9.59 Å². The van der Waals surface area contributed by atoms with Gasteiger partial charge in [0.25, 0.3) is 5.91 Å². The SMILES string of the molecule is COc1ccc(CCNC(=O)COC(=O)c2ccc(OCc3noc(C)n3)cc2)cc1. The van der Waals surface area contributed by atoms with Gasteiger partial charge < -0.3 is 24.1 Å². The van der Waals surface area contributed by atoms with Crippen LogP contribution in [0.1, 0.15) is 27.6 Å². The van der Waals surface area contributed by atoms with Gasteiger partial charge in [0.15, 0.2) is 13.2 Å². The zero-order valence-electron chi connectivity index (χ0n) is 17.3. The van der Waals surface area contributed by atoms with Gasteiger partial charge in [0, 0.05) is 13.5 Å². The van der Waals surface area contributed by atoms with E-state index in [4.69, 9.17) is 18.7 Å². The minimum absolute atomic E-state index is 0.151. The first-order chi connectivity index (χ1) is 15.0. The largest absolute Gasteiger partial charge is 0.497 e. The van der Waals surface area contributed by atoms with Crippen LogP contribution in [0.4, 0.5) is 0 Å². The van der Waals surface area contributed by atoms with E-state index < -0.39 is 5.97 Å². The number of nitrogens with one attached hydrogen (secondary N) is 1. The van der Waals surface area contributed by atoms with Gasteiger partial charge in [-0.15, -0.1) is 0 Å². The lowest BCUT2D eigenvalue weighted by Crippen LogP contribution is -2.30. The van der Waals surface area contributed by atoms with Crippen LogP contribution in [-0.4, -0.2) is 42.3 Å². The van der Waals surface area contributed by atoms with Gasteiger partial charge in [-0.3, -0.25) is 4.79 Å². The Morgan fingerprint density at radius 1 is 1.03 bits per heavy atom. The molecule has 0 spiro atoms. The van der Waals surface area contributed by atoms with E-state index >= 15 is 0 Å². The monoisotopic (exact) mass is 425 g/mol. The van der Waals surface area contributed by atoms with E-state index in [1.54, 1.807) is 38.3 Å². The number of aromatic nitrogens is 2. The highest BCUT2D eigenvalue weighted by molar-refractivity contribution is 5.91. The molecule has 0 unspecified atom stereocenters. The lowest BCUT2D eigenvalue weighted by molar-refractivity contribution is -0.124.